The van der Waals surface area contributed by atoms with Gasteiger partial charge in [0.25, 0.3) is 0 Å². The lowest BCUT2D eigenvalue weighted by Crippen LogP contribution is -2.18. The van der Waals surface area contributed by atoms with Crippen LogP contribution in [-0.4, -0.2) is 16.1 Å². The molecule has 1 N–H and O–H groups in total. The van der Waals surface area contributed by atoms with Crippen molar-refractivity contribution in [2.24, 2.45) is 5.92 Å². The van der Waals surface area contributed by atoms with Crippen LogP contribution in [0.5, 0.6) is 0 Å². The first-order valence-corrected chi connectivity index (χ1v) is 7.20. The summed E-state index contributed by atoms with van der Waals surface area (Å²) in [5, 5.41) is 7.80. The van der Waals surface area contributed by atoms with E-state index < -0.39 is 0 Å². The van der Waals surface area contributed by atoms with Gasteiger partial charge in [0.05, 0.1) is 9.90 Å². The third-order valence-electron chi connectivity index (χ3n) is 2.58. The molecule has 1 aromatic heterocycles. The highest BCUT2D eigenvalue weighted by Gasteiger charge is 2.13. The van der Waals surface area contributed by atoms with E-state index in [0.29, 0.717) is 17.5 Å². The minimum atomic E-state index is -0.351. The molecule has 2 aromatic rings. The Hall–Kier alpha value is -1.04. The summed E-state index contributed by atoms with van der Waals surface area (Å²) < 4.78 is 17.0. The van der Waals surface area contributed by atoms with Crippen molar-refractivity contribution in [2.45, 2.75) is 20.4 Å². The zero-order chi connectivity index (χ0) is 13.8. The fourth-order valence-electron chi connectivity index (χ4n) is 1.69. The van der Waals surface area contributed by atoms with Crippen molar-refractivity contribution >= 4 is 23.1 Å². The zero-order valence-electron chi connectivity index (χ0n) is 10.8. The Bertz CT molecular complexity index is 557. The van der Waals surface area contributed by atoms with Crippen LogP contribution >= 0.6 is 23.1 Å². The molecule has 3 nitrogen and oxygen atoms in total. The van der Waals surface area contributed by atoms with Gasteiger partial charge in [-0.1, -0.05) is 29.9 Å². The summed E-state index contributed by atoms with van der Waals surface area (Å²) in [5.41, 5.74) is 1.45. The van der Waals surface area contributed by atoms with Crippen molar-refractivity contribution in [3.63, 3.8) is 0 Å². The predicted octanol–water partition coefficient (Wildman–Crippen LogP) is 3.74. The molecule has 0 amide bonds. The molecule has 1 heterocycles. The van der Waals surface area contributed by atoms with Crippen LogP contribution in [0.4, 0.5) is 4.39 Å². The van der Waals surface area contributed by atoms with Gasteiger partial charge in [-0.3, -0.25) is 0 Å². The number of benzene rings is 1. The molecule has 0 aliphatic carbocycles. The molecule has 0 fully saturated rings. The highest BCUT2D eigenvalue weighted by Crippen LogP contribution is 2.30. The minimum Gasteiger partial charge on any atom is -0.311 e. The molecule has 0 bridgehead atoms. The molecule has 0 saturated carbocycles. The molecule has 2 rings (SSSR count). The van der Waals surface area contributed by atoms with Gasteiger partial charge in [0.15, 0.2) is 0 Å². The molecule has 0 aliphatic heterocycles. The van der Waals surface area contributed by atoms with Crippen LogP contribution in [0.1, 0.15) is 18.7 Å². The van der Waals surface area contributed by atoms with E-state index in [1.54, 1.807) is 6.07 Å². The second-order valence-corrected chi connectivity index (χ2v) is 5.94. The number of hydrogen-bond acceptors (Lipinski definition) is 4. The van der Waals surface area contributed by atoms with Gasteiger partial charge in [-0.2, -0.15) is 0 Å². The van der Waals surface area contributed by atoms with E-state index in [1.807, 2.05) is 0 Å². The molecule has 0 aliphatic rings. The Morgan fingerprint density at radius 3 is 2.89 bits per heavy atom. The molecule has 1 aromatic carbocycles. The van der Waals surface area contributed by atoms with E-state index in [0.717, 1.165) is 22.7 Å². The number of nitrogens with zero attached hydrogens (tertiary/aromatic N) is 2. The van der Waals surface area contributed by atoms with Gasteiger partial charge in [0.1, 0.15) is 11.5 Å². The lowest BCUT2D eigenvalue weighted by Gasteiger charge is -2.07. The number of halogens is 2. The first-order valence-electron chi connectivity index (χ1n) is 6.05. The van der Waals surface area contributed by atoms with Crippen molar-refractivity contribution < 1.29 is 4.39 Å². The van der Waals surface area contributed by atoms with E-state index in [4.69, 9.17) is 11.6 Å². The molecular formula is C13H15ClFN3S. The largest absolute Gasteiger partial charge is 0.311 e. The van der Waals surface area contributed by atoms with Crippen molar-refractivity contribution in [1.82, 2.24) is 14.9 Å². The van der Waals surface area contributed by atoms with E-state index in [9.17, 15) is 4.39 Å². The summed E-state index contributed by atoms with van der Waals surface area (Å²) in [6.07, 6.45) is 0. The van der Waals surface area contributed by atoms with Crippen LogP contribution in [-0.2, 0) is 6.54 Å². The fraction of sp³-hybridized carbons (Fsp3) is 0.385. The molecular weight excluding hydrogens is 285 g/mol. The van der Waals surface area contributed by atoms with Gasteiger partial charge in [-0.05, 0) is 42.2 Å². The van der Waals surface area contributed by atoms with Crippen molar-refractivity contribution in [1.29, 1.82) is 0 Å². The molecule has 0 spiro atoms. The molecule has 102 valence electrons. The molecule has 0 radical (unpaired) electrons. The number of nitrogens with one attached hydrogen (secondary N) is 1. The van der Waals surface area contributed by atoms with Crippen molar-refractivity contribution in [3.05, 3.63) is 33.9 Å². The van der Waals surface area contributed by atoms with E-state index in [-0.39, 0.29) is 5.82 Å². The minimum absolute atomic E-state index is 0.351. The standard InChI is InChI=1S/C13H15ClFN3S/c1-8(2)6-16-7-12-13(17-18-19-12)10-4-3-9(15)5-11(10)14/h3-5,8,16H,6-7H2,1-2H3. The lowest BCUT2D eigenvalue weighted by molar-refractivity contribution is 0.555. The Morgan fingerprint density at radius 2 is 2.21 bits per heavy atom. The highest BCUT2D eigenvalue weighted by molar-refractivity contribution is 7.06. The predicted molar refractivity (Wildman–Crippen MR) is 76.9 cm³/mol. The Kier molecular flexibility index (Phi) is 4.85. The van der Waals surface area contributed by atoms with Gasteiger partial charge in [-0.25, -0.2) is 4.39 Å². The Balaban J connectivity index is 2.19. The fourth-order valence-corrected chi connectivity index (χ4v) is 2.57. The summed E-state index contributed by atoms with van der Waals surface area (Å²) in [7, 11) is 0. The van der Waals surface area contributed by atoms with Crippen LogP contribution in [0.3, 0.4) is 0 Å². The Labute approximate surface area is 121 Å². The van der Waals surface area contributed by atoms with Crippen LogP contribution in [0.2, 0.25) is 5.02 Å². The first kappa shape index (κ1) is 14.4. The smallest absolute Gasteiger partial charge is 0.124 e. The van der Waals surface area contributed by atoms with Crippen LogP contribution in [0.25, 0.3) is 11.3 Å². The first-order chi connectivity index (χ1) is 9.08. The molecule has 0 saturated heterocycles. The SMILES string of the molecule is CC(C)CNCc1snnc1-c1ccc(F)cc1Cl. The average molecular weight is 300 g/mol. The maximum Gasteiger partial charge on any atom is 0.124 e. The second-order valence-electron chi connectivity index (χ2n) is 4.69. The van der Waals surface area contributed by atoms with Gasteiger partial charge in [0, 0.05) is 12.1 Å². The second kappa shape index (κ2) is 6.41. The number of aromatic nitrogens is 2. The van der Waals surface area contributed by atoms with E-state index in [1.165, 1.54) is 23.7 Å². The van der Waals surface area contributed by atoms with E-state index in [2.05, 4.69) is 28.8 Å². The zero-order valence-corrected chi connectivity index (χ0v) is 12.4. The maximum absolute atomic E-state index is 13.1. The Morgan fingerprint density at radius 1 is 1.42 bits per heavy atom. The molecule has 6 heteroatoms. The van der Waals surface area contributed by atoms with Gasteiger partial charge in [-0.15, -0.1) is 5.10 Å². The summed E-state index contributed by atoms with van der Waals surface area (Å²) in [5.74, 6) is 0.232. The lowest BCUT2D eigenvalue weighted by atomic mass is 10.1. The third kappa shape index (κ3) is 3.72. The van der Waals surface area contributed by atoms with Crippen molar-refractivity contribution in [2.75, 3.05) is 6.54 Å². The third-order valence-corrected chi connectivity index (χ3v) is 3.61. The summed E-state index contributed by atoms with van der Waals surface area (Å²) in [6, 6.07) is 4.31. The number of hydrogen-bond donors (Lipinski definition) is 1. The van der Waals surface area contributed by atoms with E-state index >= 15 is 0 Å². The van der Waals surface area contributed by atoms with Gasteiger partial charge >= 0.3 is 0 Å². The summed E-state index contributed by atoms with van der Waals surface area (Å²) in [6.45, 7) is 5.92. The summed E-state index contributed by atoms with van der Waals surface area (Å²) in [4.78, 5) is 1.01. The maximum atomic E-state index is 13.1. The number of rotatable bonds is 5. The molecule has 19 heavy (non-hydrogen) atoms. The van der Waals surface area contributed by atoms with Crippen LogP contribution in [0.15, 0.2) is 18.2 Å². The quantitative estimate of drug-likeness (QED) is 0.914. The highest BCUT2D eigenvalue weighted by atomic mass is 35.5. The molecule has 0 unspecified atom stereocenters. The van der Waals surface area contributed by atoms with Gasteiger partial charge < -0.3 is 5.32 Å². The average Bonchev–Trinajstić information content (AvgIpc) is 2.77. The summed E-state index contributed by atoms with van der Waals surface area (Å²) >= 11 is 7.39. The van der Waals surface area contributed by atoms with Crippen LogP contribution < -0.4 is 5.32 Å². The normalized spacial score (nSPS) is 11.2. The molecule has 0 atom stereocenters. The topological polar surface area (TPSA) is 37.8 Å². The monoisotopic (exact) mass is 299 g/mol. The van der Waals surface area contributed by atoms with Crippen molar-refractivity contribution in [3.8, 4) is 11.3 Å². The van der Waals surface area contributed by atoms with Crippen LogP contribution in [0, 0.1) is 11.7 Å². The van der Waals surface area contributed by atoms with Gasteiger partial charge in [0.2, 0.25) is 0 Å².